The van der Waals surface area contributed by atoms with Gasteiger partial charge in [0.1, 0.15) is 0 Å². The number of hydrogen-bond donors (Lipinski definition) is 0. The van der Waals surface area contributed by atoms with Crippen LogP contribution >= 0.6 is 0 Å². The molecule has 0 aromatic heterocycles. The second-order valence-electron chi connectivity index (χ2n) is 16.7. The molecule has 0 atom stereocenters. The molecule has 0 heterocycles. The molecular formula is C62H38. The topological polar surface area (TPSA) is 0 Å². The highest BCUT2D eigenvalue weighted by molar-refractivity contribution is 6.30. The Morgan fingerprint density at radius 2 is 0.597 bits per heavy atom. The standard InChI is InChI=1S/C62H38/c1-3-16-49-42(11-1)13-10-22-50(49)43-29-27-40(28-30-43)39-23-25-41(26-24-39)48-37-47-12-2-4-17-51(47)58(38-48)62-54-20-7-5-18-52(54)61(53-19-6-8-21-55(53)62)57-36-34-46-32-31-44-14-9-15-45-33-35-56(57)60(46)59(44)45/h1-38H. The lowest BCUT2D eigenvalue weighted by Gasteiger charge is -2.21. The van der Waals surface area contributed by atoms with Crippen LogP contribution in [0.1, 0.15) is 0 Å². The van der Waals surface area contributed by atoms with Crippen molar-refractivity contribution in [3.63, 3.8) is 0 Å². The summed E-state index contributed by atoms with van der Waals surface area (Å²) in [6.07, 6.45) is 0. The van der Waals surface area contributed by atoms with Gasteiger partial charge >= 0.3 is 0 Å². The summed E-state index contributed by atoms with van der Waals surface area (Å²) in [4.78, 5) is 0. The van der Waals surface area contributed by atoms with E-state index in [1.54, 1.807) is 0 Å². The summed E-state index contributed by atoms with van der Waals surface area (Å²) in [7, 11) is 0. The molecule has 0 unspecified atom stereocenters. The normalized spacial score (nSPS) is 11.9. The molecule has 62 heavy (non-hydrogen) atoms. The number of fused-ring (bicyclic) bond motifs is 4. The second kappa shape index (κ2) is 13.7. The molecule has 0 saturated heterocycles. The van der Waals surface area contributed by atoms with Gasteiger partial charge in [-0.1, -0.05) is 218 Å². The lowest BCUT2D eigenvalue weighted by Crippen LogP contribution is -1.93. The fourth-order valence-electron chi connectivity index (χ4n) is 10.5. The summed E-state index contributed by atoms with van der Waals surface area (Å²) < 4.78 is 0. The van der Waals surface area contributed by atoms with Crippen LogP contribution in [0.4, 0.5) is 0 Å². The van der Waals surface area contributed by atoms with Crippen LogP contribution < -0.4 is 0 Å². The lowest BCUT2D eigenvalue weighted by molar-refractivity contribution is 1.59. The van der Waals surface area contributed by atoms with Gasteiger partial charge in [0.15, 0.2) is 0 Å². The molecule has 0 nitrogen and oxygen atoms in total. The summed E-state index contributed by atoms with van der Waals surface area (Å²) in [6, 6.07) is 85.7. The molecule has 0 aliphatic rings. The number of hydrogen-bond acceptors (Lipinski definition) is 0. The van der Waals surface area contributed by atoms with Gasteiger partial charge in [-0.2, -0.15) is 0 Å². The predicted molar refractivity (Wildman–Crippen MR) is 267 cm³/mol. The van der Waals surface area contributed by atoms with E-state index >= 15 is 0 Å². The minimum absolute atomic E-state index is 1.20. The van der Waals surface area contributed by atoms with Crippen molar-refractivity contribution < 1.29 is 0 Å². The molecule has 13 rings (SSSR count). The average Bonchev–Trinajstić information content (AvgIpc) is 3.34. The molecule has 0 aliphatic heterocycles. The van der Waals surface area contributed by atoms with E-state index in [1.807, 2.05) is 0 Å². The van der Waals surface area contributed by atoms with Gasteiger partial charge in [-0.3, -0.25) is 0 Å². The summed E-state index contributed by atoms with van der Waals surface area (Å²) in [5, 5.41) is 17.9. The second-order valence-corrected chi connectivity index (χ2v) is 16.7. The van der Waals surface area contributed by atoms with Gasteiger partial charge in [-0.25, -0.2) is 0 Å². The zero-order valence-corrected chi connectivity index (χ0v) is 33.9. The number of rotatable bonds is 5. The Bertz CT molecular complexity index is 3810. The first-order valence-electron chi connectivity index (χ1n) is 21.6. The molecule has 0 aliphatic carbocycles. The third-order valence-electron chi connectivity index (χ3n) is 13.4. The third kappa shape index (κ3) is 5.34. The Labute approximate surface area is 359 Å². The fourth-order valence-corrected chi connectivity index (χ4v) is 10.5. The van der Waals surface area contributed by atoms with E-state index in [0.717, 1.165) is 0 Å². The van der Waals surface area contributed by atoms with E-state index in [-0.39, 0.29) is 0 Å². The van der Waals surface area contributed by atoms with Crippen molar-refractivity contribution in [2.45, 2.75) is 0 Å². The van der Waals surface area contributed by atoms with Crippen LogP contribution in [0, 0.1) is 0 Å². The highest BCUT2D eigenvalue weighted by Crippen LogP contribution is 2.49. The van der Waals surface area contributed by atoms with Crippen molar-refractivity contribution in [1.82, 2.24) is 0 Å². The van der Waals surface area contributed by atoms with Crippen molar-refractivity contribution in [2.24, 2.45) is 0 Å². The minimum atomic E-state index is 1.20. The molecule has 0 heteroatoms. The molecule has 286 valence electrons. The molecule has 0 amide bonds. The van der Waals surface area contributed by atoms with Gasteiger partial charge in [0.2, 0.25) is 0 Å². The van der Waals surface area contributed by atoms with Gasteiger partial charge in [-0.05, 0) is 143 Å². The number of benzene rings is 13. The monoisotopic (exact) mass is 782 g/mol. The van der Waals surface area contributed by atoms with Crippen molar-refractivity contribution in [3.8, 4) is 55.6 Å². The Kier molecular flexibility index (Phi) is 7.71. The quantitative estimate of drug-likeness (QED) is 0.120. The summed E-state index contributed by atoms with van der Waals surface area (Å²) in [5.41, 5.74) is 12.4. The van der Waals surface area contributed by atoms with Crippen LogP contribution in [0.3, 0.4) is 0 Å². The SMILES string of the molecule is c1ccc2c(-c3ccc(-c4ccc(-c5cc(-c6c7ccccc7c(-c7ccc8ccc9cccc%10ccc7c8c9%10)c7ccccc67)c6ccccc6c5)cc4)cc3)cccc2c1. The maximum atomic E-state index is 2.43. The Morgan fingerprint density at radius 3 is 1.23 bits per heavy atom. The maximum Gasteiger partial charge on any atom is -0.00199 e. The molecule has 0 saturated carbocycles. The largest absolute Gasteiger partial charge is 0.0616 e. The van der Waals surface area contributed by atoms with E-state index in [0.29, 0.717) is 0 Å². The van der Waals surface area contributed by atoms with E-state index in [4.69, 9.17) is 0 Å². The van der Waals surface area contributed by atoms with Gasteiger partial charge < -0.3 is 0 Å². The van der Waals surface area contributed by atoms with E-state index in [9.17, 15) is 0 Å². The van der Waals surface area contributed by atoms with Crippen molar-refractivity contribution in [2.75, 3.05) is 0 Å². The first-order valence-corrected chi connectivity index (χ1v) is 21.6. The zero-order valence-electron chi connectivity index (χ0n) is 33.9. The average molecular weight is 783 g/mol. The van der Waals surface area contributed by atoms with Crippen LogP contribution in [-0.4, -0.2) is 0 Å². The van der Waals surface area contributed by atoms with Gasteiger partial charge in [0.25, 0.3) is 0 Å². The minimum Gasteiger partial charge on any atom is -0.0616 e. The first-order chi connectivity index (χ1) is 30.7. The van der Waals surface area contributed by atoms with E-state index in [2.05, 4.69) is 231 Å². The van der Waals surface area contributed by atoms with Crippen molar-refractivity contribution >= 4 is 75.4 Å². The van der Waals surface area contributed by atoms with Crippen LogP contribution in [-0.2, 0) is 0 Å². The van der Waals surface area contributed by atoms with Gasteiger partial charge in [0, 0.05) is 0 Å². The molecule has 0 N–H and O–H groups in total. The van der Waals surface area contributed by atoms with Crippen LogP contribution in [0.5, 0.6) is 0 Å². The van der Waals surface area contributed by atoms with Crippen LogP contribution in [0.15, 0.2) is 231 Å². The highest BCUT2D eigenvalue weighted by atomic mass is 14.2. The zero-order chi connectivity index (χ0) is 40.7. The fraction of sp³-hybridized carbons (Fsp3) is 0. The predicted octanol–water partition coefficient (Wildman–Crippen LogP) is 17.5. The third-order valence-corrected chi connectivity index (χ3v) is 13.4. The molecule has 0 bridgehead atoms. The molecular weight excluding hydrogens is 745 g/mol. The molecule has 0 fully saturated rings. The Balaban J connectivity index is 0.964. The van der Waals surface area contributed by atoms with Gasteiger partial charge in [0.05, 0.1) is 0 Å². The van der Waals surface area contributed by atoms with E-state index < -0.39 is 0 Å². The van der Waals surface area contributed by atoms with Crippen LogP contribution in [0.25, 0.3) is 131 Å². The van der Waals surface area contributed by atoms with Crippen LogP contribution in [0.2, 0.25) is 0 Å². The summed E-state index contributed by atoms with van der Waals surface area (Å²) >= 11 is 0. The lowest BCUT2D eigenvalue weighted by atomic mass is 9.82. The van der Waals surface area contributed by atoms with Crippen molar-refractivity contribution in [3.05, 3.63) is 231 Å². The van der Waals surface area contributed by atoms with Crippen molar-refractivity contribution in [1.29, 1.82) is 0 Å². The Hall–Kier alpha value is -8.06. The maximum absolute atomic E-state index is 2.43. The molecule has 0 spiro atoms. The summed E-state index contributed by atoms with van der Waals surface area (Å²) in [6.45, 7) is 0. The molecule has 13 aromatic carbocycles. The van der Waals surface area contributed by atoms with Gasteiger partial charge in [-0.15, -0.1) is 0 Å². The Morgan fingerprint density at radius 1 is 0.177 bits per heavy atom. The molecule has 0 radical (unpaired) electrons. The van der Waals surface area contributed by atoms with E-state index in [1.165, 1.54) is 131 Å². The summed E-state index contributed by atoms with van der Waals surface area (Å²) in [5.74, 6) is 0. The highest BCUT2D eigenvalue weighted by Gasteiger charge is 2.21. The smallest absolute Gasteiger partial charge is 0.00199 e. The first kappa shape index (κ1) is 34.8. The molecule has 13 aromatic rings.